The maximum Gasteiger partial charge on any atom is 0.185 e. The first-order chi connectivity index (χ1) is 15.1. The monoisotopic (exact) mass is 477 g/mol. The summed E-state index contributed by atoms with van der Waals surface area (Å²) in [5.74, 6) is -1.10. The highest BCUT2D eigenvalue weighted by Gasteiger charge is 2.55. The van der Waals surface area contributed by atoms with Crippen molar-refractivity contribution in [1.82, 2.24) is 4.98 Å². The van der Waals surface area contributed by atoms with Gasteiger partial charge in [-0.1, -0.05) is 36.9 Å². The maximum absolute atomic E-state index is 14.9. The molecule has 1 spiro atoms. The number of nitrogens with two attached hydrogens (primary N) is 1. The first kappa shape index (κ1) is 22.9. The first-order valence-electron chi connectivity index (χ1n) is 10.6. The summed E-state index contributed by atoms with van der Waals surface area (Å²) in [6, 6.07) is 7.35. The Bertz CT molecular complexity index is 1190. The van der Waals surface area contributed by atoms with Crippen LogP contribution in [0.25, 0.3) is 0 Å². The molecule has 2 aromatic rings. The summed E-state index contributed by atoms with van der Waals surface area (Å²) in [7, 11) is -3.66. The molecule has 1 aromatic carbocycles. The zero-order chi connectivity index (χ0) is 23.1. The molecule has 1 saturated carbocycles. The van der Waals surface area contributed by atoms with Crippen LogP contribution in [0, 0.1) is 5.82 Å². The predicted molar refractivity (Wildman–Crippen MR) is 122 cm³/mol. The minimum atomic E-state index is -3.66. The lowest BCUT2D eigenvalue weighted by atomic mass is 9.85. The zero-order valence-corrected chi connectivity index (χ0v) is 19.3. The molecule has 0 saturated heterocycles. The summed E-state index contributed by atoms with van der Waals surface area (Å²) in [6.07, 6.45) is 4.78. The number of amidine groups is 1. The topological polar surface area (TPSA) is 102 Å². The van der Waals surface area contributed by atoms with Gasteiger partial charge < -0.3 is 5.73 Å². The molecule has 2 heterocycles. The van der Waals surface area contributed by atoms with E-state index in [1.54, 1.807) is 13.0 Å². The van der Waals surface area contributed by atoms with E-state index >= 15 is 0 Å². The summed E-state index contributed by atoms with van der Waals surface area (Å²) in [5, 5.41) is 0.420. The maximum atomic E-state index is 14.9. The number of halogens is 2. The zero-order valence-electron chi connectivity index (χ0n) is 17.8. The van der Waals surface area contributed by atoms with E-state index in [2.05, 4.69) is 9.98 Å². The smallest absolute Gasteiger partial charge is 0.185 e. The number of Topliss-reactive ketones (excluding diaryl/α,β-unsaturated/α-hetero) is 1. The standard InChI is InChI=1S/C23H25ClFN3O3S/c1-22(14-32(30,31)23(21(26)28-22)9-3-2-4-10-23)17-11-15(5-7-18(17)25)12-20(29)19-8-6-16(24)13-27-19/h5-8,11,13H,2-4,9-10,12,14H2,1H3,(H2,26,28)/t22-/m0/s1. The minimum Gasteiger partial charge on any atom is -0.386 e. The second kappa shape index (κ2) is 8.23. The van der Waals surface area contributed by atoms with Crippen LogP contribution in [0.1, 0.15) is 60.6 Å². The molecule has 0 bridgehead atoms. The SMILES string of the molecule is C[C@@]1(c2cc(CC(=O)c3ccc(Cl)cn3)ccc2F)CS(=O)(=O)C2(CCCCC2)C(N)=N1. The number of carbonyl (C=O) groups is 1. The van der Waals surface area contributed by atoms with Gasteiger partial charge in [0.15, 0.2) is 15.6 Å². The van der Waals surface area contributed by atoms with E-state index in [-0.39, 0.29) is 35.0 Å². The summed E-state index contributed by atoms with van der Waals surface area (Å²) in [5.41, 5.74) is 5.79. The Morgan fingerprint density at radius 3 is 2.53 bits per heavy atom. The third-order valence-corrected chi connectivity index (χ3v) is 9.52. The van der Waals surface area contributed by atoms with E-state index in [0.29, 0.717) is 23.4 Å². The van der Waals surface area contributed by atoms with E-state index < -0.39 is 25.9 Å². The summed E-state index contributed by atoms with van der Waals surface area (Å²) in [6.45, 7) is 1.58. The van der Waals surface area contributed by atoms with Gasteiger partial charge in [0.25, 0.3) is 0 Å². The lowest BCUT2D eigenvalue weighted by Gasteiger charge is -2.43. The number of aromatic nitrogens is 1. The number of ketones is 1. The Balaban J connectivity index is 1.69. The van der Waals surface area contributed by atoms with Gasteiger partial charge in [0, 0.05) is 18.2 Å². The van der Waals surface area contributed by atoms with E-state index in [4.69, 9.17) is 17.3 Å². The number of hydrogen-bond donors (Lipinski definition) is 1. The molecule has 0 radical (unpaired) electrons. The fraction of sp³-hybridized carbons (Fsp3) is 0.435. The second-order valence-corrected chi connectivity index (χ2v) is 11.6. The Morgan fingerprint density at radius 1 is 1.19 bits per heavy atom. The van der Waals surface area contributed by atoms with Crippen LogP contribution in [0.15, 0.2) is 41.5 Å². The molecule has 4 rings (SSSR count). The third-order valence-electron chi connectivity index (χ3n) is 6.55. The Hall–Kier alpha value is -2.32. The fourth-order valence-electron chi connectivity index (χ4n) is 4.81. The average molecular weight is 478 g/mol. The number of benzene rings is 1. The van der Waals surface area contributed by atoms with Crippen LogP contribution in [0.4, 0.5) is 4.39 Å². The number of nitrogens with zero attached hydrogens (tertiary/aromatic N) is 2. The largest absolute Gasteiger partial charge is 0.386 e. The second-order valence-electron chi connectivity index (χ2n) is 8.86. The van der Waals surface area contributed by atoms with Crippen LogP contribution in [0.5, 0.6) is 0 Å². The van der Waals surface area contributed by atoms with Crippen molar-refractivity contribution in [3.63, 3.8) is 0 Å². The van der Waals surface area contributed by atoms with Crippen LogP contribution in [0.3, 0.4) is 0 Å². The number of hydrogen-bond acceptors (Lipinski definition) is 6. The van der Waals surface area contributed by atoms with Crippen LogP contribution < -0.4 is 5.73 Å². The van der Waals surface area contributed by atoms with Crippen molar-refractivity contribution in [3.05, 3.63) is 64.2 Å². The number of aliphatic imine (C=N–C) groups is 1. The third kappa shape index (κ3) is 3.94. The molecule has 1 fully saturated rings. The molecule has 0 amide bonds. The molecule has 1 aromatic heterocycles. The van der Waals surface area contributed by atoms with Crippen LogP contribution in [0.2, 0.25) is 5.02 Å². The first-order valence-corrected chi connectivity index (χ1v) is 12.6. The Morgan fingerprint density at radius 2 is 1.91 bits per heavy atom. The van der Waals surface area contributed by atoms with Gasteiger partial charge in [-0.2, -0.15) is 0 Å². The van der Waals surface area contributed by atoms with Gasteiger partial charge in [-0.25, -0.2) is 12.8 Å². The lowest BCUT2D eigenvalue weighted by Crippen LogP contribution is -2.59. The lowest BCUT2D eigenvalue weighted by molar-refractivity contribution is 0.0988. The molecule has 0 unspecified atom stereocenters. The molecule has 2 N–H and O–H groups in total. The van der Waals surface area contributed by atoms with Gasteiger partial charge in [-0.05, 0) is 49.6 Å². The average Bonchev–Trinajstić information content (AvgIpc) is 2.74. The molecule has 6 nitrogen and oxygen atoms in total. The number of pyridine rings is 1. The van der Waals surface area contributed by atoms with Gasteiger partial charge in [-0.3, -0.25) is 14.8 Å². The van der Waals surface area contributed by atoms with Gasteiger partial charge in [-0.15, -0.1) is 0 Å². The number of carbonyl (C=O) groups excluding carboxylic acids is 1. The van der Waals surface area contributed by atoms with Crippen LogP contribution in [-0.4, -0.2) is 35.5 Å². The van der Waals surface area contributed by atoms with Crippen molar-refractivity contribution in [2.75, 3.05) is 5.75 Å². The molecular weight excluding hydrogens is 453 g/mol. The van der Waals surface area contributed by atoms with Crippen molar-refractivity contribution in [1.29, 1.82) is 0 Å². The van der Waals surface area contributed by atoms with Crippen molar-refractivity contribution < 1.29 is 17.6 Å². The van der Waals surface area contributed by atoms with Crippen molar-refractivity contribution in [2.45, 2.75) is 55.7 Å². The number of rotatable bonds is 4. The molecule has 1 aliphatic heterocycles. The minimum absolute atomic E-state index is 0.0200. The van der Waals surface area contributed by atoms with Crippen LogP contribution >= 0.6 is 11.6 Å². The van der Waals surface area contributed by atoms with Crippen LogP contribution in [-0.2, 0) is 21.8 Å². The highest BCUT2D eigenvalue weighted by atomic mass is 35.5. The molecular formula is C23H25ClFN3O3S. The van der Waals surface area contributed by atoms with E-state index in [0.717, 1.165) is 19.3 Å². The predicted octanol–water partition coefficient (Wildman–Crippen LogP) is 4.00. The molecule has 32 heavy (non-hydrogen) atoms. The van der Waals surface area contributed by atoms with Crippen molar-refractivity contribution in [2.24, 2.45) is 10.7 Å². The van der Waals surface area contributed by atoms with E-state index in [1.165, 1.54) is 30.5 Å². The summed E-state index contributed by atoms with van der Waals surface area (Å²) in [4.78, 5) is 21.2. The normalized spacial score (nSPS) is 24.2. The molecule has 1 atom stereocenters. The molecule has 2 aliphatic rings. The fourth-order valence-corrected chi connectivity index (χ4v) is 7.43. The highest BCUT2D eigenvalue weighted by Crippen LogP contribution is 2.44. The van der Waals surface area contributed by atoms with E-state index in [1.807, 2.05) is 0 Å². The summed E-state index contributed by atoms with van der Waals surface area (Å²) < 4.78 is 40.5. The van der Waals surface area contributed by atoms with Gasteiger partial charge in [0.1, 0.15) is 27.6 Å². The number of sulfone groups is 1. The van der Waals surface area contributed by atoms with Gasteiger partial charge >= 0.3 is 0 Å². The van der Waals surface area contributed by atoms with Crippen molar-refractivity contribution >= 4 is 33.1 Å². The van der Waals surface area contributed by atoms with Gasteiger partial charge in [0.05, 0.1) is 10.8 Å². The van der Waals surface area contributed by atoms with E-state index in [9.17, 15) is 17.6 Å². The summed E-state index contributed by atoms with van der Waals surface area (Å²) >= 11 is 5.82. The van der Waals surface area contributed by atoms with Gasteiger partial charge in [0.2, 0.25) is 0 Å². The highest BCUT2D eigenvalue weighted by molar-refractivity contribution is 7.93. The molecule has 9 heteroatoms. The Labute approximate surface area is 192 Å². The quantitative estimate of drug-likeness (QED) is 0.670. The molecule has 170 valence electrons. The van der Waals surface area contributed by atoms with Crippen molar-refractivity contribution in [3.8, 4) is 0 Å². The molecule has 1 aliphatic carbocycles. The Kier molecular flexibility index (Phi) is 5.88.